The highest BCUT2D eigenvalue weighted by atomic mass is 32.2. The van der Waals surface area contributed by atoms with E-state index in [0.29, 0.717) is 18.1 Å². The van der Waals surface area contributed by atoms with Crippen LogP contribution in [-0.2, 0) is 6.42 Å². The Hall–Kier alpha value is -4.32. The smallest absolute Gasteiger partial charge is 0.406 e. The molecule has 0 spiro atoms. The molecule has 5 rings (SSSR count). The molecule has 3 aromatic carbocycles. The Morgan fingerprint density at radius 1 is 1.05 bits per heavy atom. The van der Waals surface area contributed by atoms with Gasteiger partial charge in [0.25, 0.3) is 0 Å². The van der Waals surface area contributed by atoms with Gasteiger partial charge in [0.05, 0.1) is 5.69 Å². The normalized spacial score (nSPS) is 14.3. The van der Waals surface area contributed by atoms with E-state index in [0.717, 1.165) is 53.5 Å². The Bertz CT molecular complexity index is 1590. The number of alkyl halides is 3. The third-order valence-corrected chi connectivity index (χ3v) is 7.78. The first-order valence-electron chi connectivity index (χ1n) is 13.9. The van der Waals surface area contributed by atoms with E-state index in [-0.39, 0.29) is 11.8 Å². The Labute approximate surface area is 252 Å². The number of benzene rings is 3. The molecule has 2 heterocycles. The van der Waals surface area contributed by atoms with E-state index in [1.807, 2.05) is 24.3 Å². The van der Waals surface area contributed by atoms with Gasteiger partial charge in [0.1, 0.15) is 12.1 Å². The third-order valence-electron chi connectivity index (χ3n) is 6.82. The predicted octanol–water partition coefficient (Wildman–Crippen LogP) is 7.09. The molecular formula is C31H31F3N6O2S. The summed E-state index contributed by atoms with van der Waals surface area (Å²) in [6.07, 6.45) is -0.645. The van der Waals surface area contributed by atoms with Crippen molar-refractivity contribution in [3.63, 3.8) is 0 Å². The zero-order valence-corrected chi connectivity index (χ0v) is 24.6. The minimum atomic E-state index is -4.74. The van der Waals surface area contributed by atoms with Crippen molar-refractivity contribution >= 4 is 28.6 Å². The van der Waals surface area contributed by atoms with Crippen molar-refractivity contribution < 1.29 is 22.7 Å². The second kappa shape index (κ2) is 13.3. The van der Waals surface area contributed by atoms with E-state index in [9.17, 15) is 18.0 Å². The number of rotatable bonds is 9. The van der Waals surface area contributed by atoms with Gasteiger partial charge in [-0.1, -0.05) is 53.7 Å². The molecular weight excluding hydrogens is 577 g/mol. The van der Waals surface area contributed by atoms with Crippen molar-refractivity contribution in [3.05, 3.63) is 89.7 Å². The van der Waals surface area contributed by atoms with E-state index in [1.54, 1.807) is 11.8 Å². The van der Waals surface area contributed by atoms with Crippen molar-refractivity contribution in [2.24, 2.45) is 4.99 Å². The van der Waals surface area contributed by atoms with Gasteiger partial charge in [0.15, 0.2) is 11.0 Å². The summed E-state index contributed by atoms with van der Waals surface area (Å²) in [7, 11) is 0. The van der Waals surface area contributed by atoms with Crippen LogP contribution >= 0.6 is 11.8 Å². The number of hydrogen-bond donors (Lipinski definition) is 1. The van der Waals surface area contributed by atoms with Gasteiger partial charge in [-0.15, -0.1) is 18.3 Å². The standard InChI is InChI=1S/C31H31F3N6O2S/c1-21-6-15-27(22(2)19-21)39-17-18-43-30(39)37-29(41)35-16-4-3-5-23-7-9-24(10-8-23)28-36-20-40(38-28)25-11-13-26(14-12-25)42-31(32,33)34/h6-15,19-20H,3-5,16-18H2,1-2H3,(H,35,41). The quantitative estimate of drug-likeness (QED) is 0.204. The van der Waals surface area contributed by atoms with E-state index in [1.165, 1.54) is 46.4 Å². The lowest BCUT2D eigenvalue weighted by molar-refractivity contribution is -0.274. The van der Waals surface area contributed by atoms with Gasteiger partial charge in [0.2, 0.25) is 0 Å². The summed E-state index contributed by atoms with van der Waals surface area (Å²) in [6, 6.07) is 19.3. The summed E-state index contributed by atoms with van der Waals surface area (Å²) in [4.78, 5) is 23.2. The molecule has 12 heteroatoms. The number of nitrogens with one attached hydrogen (secondary N) is 1. The first kappa shape index (κ1) is 30.1. The number of unbranched alkanes of at least 4 members (excludes halogenated alkanes) is 1. The summed E-state index contributed by atoms with van der Waals surface area (Å²) < 4.78 is 42.5. The lowest BCUT2D eigenvalue weighted by Crippen LogP contribution is -2.28. The van der Waals surface area contributed by atoms with Crippen LogP contribution in [0.25, 0.3) is 17.1 Å². The fourth-order valence-corrected chi connectivity index (χ4v) is 5.69. The molecule has 1 aliphatic rings. The predicted molar refractivity (Wildman–Crippen MR) is 163 cm³/mol. The maximum atomic E-state index is 12.5. The molecule has 0 unspecified atom stereocenters. The summed E-state index contributed by atoms with van der Waals surface area (Å²) in [5.41, 5.74) is 6.00. The fraction of sp³-hybridized carbons (Fsp3) is 0.290. The number of carbonyl (C=O) groups is 1. The number of halogens is 3. The van der Waals surface area contributed by atoms with Gasteiger partial charge >= 0.3 is 12.4 Å². The van der Waals surface area contributed by atoms with E-state index < -0.39 is 6.36 Å². The average molecular weight is 609 g/mol. The van der Waals surface area contributed by atoms with E-state index in [2.05, 4.69) is 62.1 Å². The van der Waals surface area contributed by atoms with Crippen LogP contribution < -0.4 is 15.0 Å². The molecule has 1 fully saturated rings. The number of hydrogen-bond acceptors (Lipinski definition) is 5. The van der Waals surface area contributed by atoms with E-state index in [4.69, 9.17) is 0 Å². The molecule has 43 heavy (non-hydrogen) atoms. The van der Waals surface area contributed by atoms with Crippen molar-refractivity contribution in [1.82, 2.24) is 20.1 Å². The molecule has 0 atom stereocenters. The van der Waals surface area contributed by atoms with Crippen LogP contribution in [0.4, 0.5) is 23.7 Å². The molecule has 1 aromatic heterocycles. The summed E-state index contributed by atoms with van der Waals surface area (Å²) in [5, 5.41) is 8.08. The van der Waals surface area contributed by atoms with Crippen molar-refractivity contribution in [1.29, 1.82) is 0 Å². The van der Waals surface area contributed by atoms with Crippen LogP contribution in [0.2, 0.25) is 0 Å². The number of aromatic nitrogens is 3. The first-order valence-corrected chi connectivity index (χ1v) is 14.8. The Kier molecular flexibility index (Phi) is 9.34. The van der Waals surface area contributed by atoms with Gasteiger partial charge in [0, 0.05) is 30.1 Å². The van der Waals surface area contributed by atoms with Gasteiger partial charge in [-0.25, -0.2) is 14.5 Å². The van der Waals surface area contributed by atoms with Crippen LogP contribution in [0, 0.1) is 13.8 Å². The number of nitrogens with zero attached hydrogens (tertiary/aromatic N) is 5. The maximum Gasteiger partial charge on any atom is 0.573 e. The van der Waals surface area contributed by atoms with Gasteiger partial charge in [-0.05, 0) is 74.6 Å². The molecule has 4 aromatic rings. The molecule has 2 amide bonds. The van der Waals surface area contributed by atoms with Crippen molar-refractivity contribution in [2.75, 3.05) is 23.7 Å². The second-order valence-corrected chi connectivity index (χ2v) is 11.2. The van der Waals surface area contributed by atoms with Crippen LogP contribution in [0.15, 0.2) is 78.0 Å². The second-order valence-electron chi connectivity index (χ2n) is 10.1. The zero-order chi connectivity index (χ0) is 30.4. The molecule has 0 radical (unpaired) electrons. The summed E-state index contributed by atoms with van der Waals surface area (Å²) >= 11 is 1.60. The van der Waals surface area contributed by atoms with Crippen LogP contribution in [0.5, 0.6) is 5.75 Å². The van der Waals surface area contributed by atoms with Gasteiger partial charge in [-0.2, -0.15) is 4.99 Å². The third kappa shape index (κ3) is 8.16. The number of ether oxygens (including phenoxy) is 1. The zero-order valence-electron chi connectivity index (χ0n) is 23.8. The Morgan fingerprint density at radius 3 is 2.53 bits per heavy atom. The molecule has 224 valence electrons. The van der Waals surface area contributed by atoms with Crippen LogP contribution in [-0.4, -0.2) is 51.2 Å². The van der Waals surface area contributed by atoms with Crippen molar-refractivity contribution in [2.45, 2.75) is 39.5 Å². The molecule has 1 aliphatic heterocycles. The lowest BCUT2D eigenvalue weighted by Gasteiger charge is -2.20. The molecule has 1 saturated heterocycles. The number of aryl methyl sites for hydroxylation is 3. The molecule has 1 N–H and O–H groups in total. The number of urea groups is 1. The molecule has 0 saturated carbocycles. The highest BCUT2D eigenvalue weighted by molar-refractivity contribution is 8.14. The van der Waals surface area contributed by atoms with Gasteiger partial charge < -0.3 is 15.0 Å². The Balaban J connectivity index is 1.07. The number of carbonyl (C=O) groups excluding carboxylic acids is 1. The van der Waals surface area contributed by atoms with Crippen LogP contribution in [0.1, 0.15) is 29.5 Å². The molecule has 0 aliphatic carbocycles. The highest BCUT2D eigenvalue weighted by Gasteiger charge is 2.31. The fourth-order valence-electron chi connectivity index (χ4n) is 4.74. The monoisotopic (exact) mass is 608 g/mol. The minimum Gasteiger partial charge on any atom is -0.406 e. The van der Waals surface area contributed by atoms with E-state index >= 15 is 0 Å². The number of aliphatic imine (C=N–C) groups is 1. The highest BCUT2D eigenvalue weighted by Crippen LogP contribution is 2.29. The minimum absolute atomic E-state index is 0.299. The number of amides is 2. The number of thioether (sulfide) groups is 1. The lowest BCUT2D eigenvalue weighted by atomic mass is 10.1. The number of amidine groups is 1. The van der Waals surface area contributed by atoms with Crippen molar-refractivity contribution in [3.8, 4) is 22.8 Å². The summed E-state index contributed by atoms with van der Waals surface area (Å²) in [6.45, 7) is 5.52. The van der Waals surface area contributed by atoms with Crippen LogP contribution in [0.3, 0.4) is 0 Å². The Morgan fingerprint density at radius 2 is 1.81 bits per heavy atom. The SMILES string of the molecule is Cc1ccc(N2CCSC2=NC(=O)NCCCCc2ccc(-c3ncn(-c4ccc(OC(F)(F)F)cc4)n3)cc2)c(C)c1. The maximum absolute atomic E-state index is 12.5. The average Bonchev–Trinajstić information content (AvgIpc) is 3.63. The molecule has 0 bridgehead atoms. The number of anilines is 1. The largest absolute Gasteiger partial charge is 0.573 e. The topological polar surface area (TPSA) is 84.6 Å². The first-order chi connectivity index (χ1) is 20.6. The summed E-state index contributed by atoms with van der Waals surface area (Å²) in [5.74, 6) is 1.10. The molecule has 8 nitrogen and oxygen atoms in total. The van der Waals surface area contributed by atoms with Gasteiger partial charge in [-0.3, -0.25) is 0 Å².